The van der Waals surface area contributed by atoms with Gasteiger partial charge in [-0.05, 0) is 56.4 Å². The van der Waals surface area contributed by atoms with Gasteiger partial charge in [0.15, 0.2) is 0 Å². The number of benzene rings is 1. The second-order valence-corrected chi connectivity index (χ2v) is 7.46. The van der Waals surface area contributed by atoms with E-state index in [0.29, 0.717) is 0 Å². The van der Waals surface area contributed by atoms with Crippen LogP contribution in [0.15, 0.2) is 42.6 Å². The number of rotatable bonds is 7. The molecular weight excluding hydrogens is 330 g/mol. The highest BCUT2D eigenvalue weighted by Gasteiger charge is 2.10. The average molecular weight is 356 g/mol. The van der Waals surface area contributed by atoms with Crippen LogP contribution in [0.3, 0.4) is 0 Å². The van der Waals surface area contributed by atoms with Crippen molar-refractivity contribution in [2.45, 2.75) is 27.3 Å². The molecule has 0 radical (unpaired) electrons. The molecule has 2 heterocycles. The first-order valence-corrected chi connectivity index (χ1v) is 9.61. The van der Waals surface area contributed by atoms with Gasteiger partial charge in [0.05, 0.1) is 4.88 Å². The molecule has 0 atom stereocenters. The maximum Gasteiger partial charge on any atom is 0.265 e. The quantitative estimate of drug-likeness (QED) is 0.672. The second kappa shape index (κ2) is 7.85. The average Bonchev–Trinajstić information content (AvgIpc) is 3.22. The summed E-state index contributed by atoms with van der Waals surface area (Å²) in [5.74, 6) is -0.0431. The van der Waals surface area contributed by atoms with Crippen molar-refractivity contribution in [2.24, 2.45) is 0 Å². The molecule has 0 aliphatic heterocycles. The summed E-state index contributed by atoms with van der Waals surface area (Å²) in [6.45, 7) is 10.6. The van der Waals surface area contributed by atoms with Crippen LogP contribution in [0.1, 0.15) is 28.4 Å². The van der Waals surface area contributed by atoms with Crippen molar-refractivity contribution in [3.63, 3.8) is 0 Å². The summed E-state index contributed by atoms with van der Waals surface area (Å²) < 4.78 is 2.28. The van der Waals surface area contributed by atoms with Crippen LogP contribution in [0.2, 0.25) is 0 Å². The molecule has 0 saturated carbocycles. The van der Waals surface area contributed by atoms with Crippen LogP contribution in [0, 0.1) is 6.92 Å². The van der Waals surface area contributed by atoms with Crippen LogP contribution in [0.25, 0.3) is 10.9 Å². The Hall–Kier alpha value is -2.11. The number of likely N-dealkylation sites (N-methyl/N-ethyl adjacent to an activating group) is 1. The van der Waals surface area contributed by atoms with E-state index in [1.807, 2.05) is 31.2 Å². The molecule has 0 saturated heterocycles. The molecule has 0 bridgehead atoms. The molecule has 1 N–H and O–H groups in total. The van der Waals surface area contributed by atoms with Gasteiger partial charge in [-0.1, -0.05) is 13.8 Å². The summed E-state index contributed by atoms with van der Waals surface area (Å²) in [6.07, 6.45) is 2.13. The summed E-state index contributed by atoms with van der Waals surface area (Å²) in [7, 11) is 0. The zero-order chi connectivity index (χ0) is 17.8. The minimum Gasteiger partial charge on any atom is -0.346 e. The van der Waals surface area contributed by atoms with Crippen molar-refractivity contribution in [2.75, 3.05) is 25.0 Å². The van der Waals surface area contributed by atoms with Gasteiger partial charge in [-0.15, -0.1) is 11.3 Å². The van der Waals surface area contributed by atoms with Crippen LogP contribution in [-0.4, -0.2) is 35.0 Å². The molecule has 1 amide bonds. The molecule has 25 heavy (non-hydrogen) atoms. The van der Waals surface area contributed by atoms with E-state index in [9.17, 15) is 4.79 Å². The van der Waals surface area contributed by atoms with Crippen molar-refractivity contribution < 1.29 is 4.79 Å². The monoisotopic (exact) mass is 355 g/mol. The van der Waals surface area contributed by atoms with Crippen molar-refractivity contribution >= 4 is 33.8 Å². The van der Waals surface area contributed by atoms with E-state index in [1.165, 1.54) is 16.9 Å². The first kappa shape index (κ1) is 17.7. The smallest absolute Gasteiger partial charge is 0.265 e. The zero-order valence-corrected chi connectivity index (χ0v) is 15.9. The van der Waals surface area contributed by atoms with Crippen molar-refractivity contribution in [1.82, 2.24) is 9.47 Å². The Morgan fingerprint density at radius 1 is 1.16 bits per heavy atom. The molecule has 3 aromatic rings. The Balaban J connectivity index is 1.72. The number of aryl methyl sites for hydroxylation is 1. The number of hydrogen-bond donors (Lipinski definition) is 1. The molecule has 0 spiro atoms. The summed E-state index contributed by atoms with van der Waals surface area (Å²) >= 11 is 1.52. The fraction of sp³-hybridized carbons (Fsp3) is 0.350. The van der Waals surface area contributed by atoms with E-state index >= 15 is 0 Å². The maximum atomic E-state index is 12.3. The number of carbonyl (C=O) groups excluding carboxylic acids is 1. The number of nitrogens with one attached hydrogen (secondary N) is 1. The summed E-state index contributed by atoms with van der Waals surface area (Å²) in [5.41, 5.74) is 2.04. The predicted molar refractivity (Wildman–Crippen MR) is 107 cm³/mol. The van der Waals surface area contributed by atoms with Crippen molar-refractivity contribution in [3.8, 4) is 0 Å². The van der Waals surface area contributed by atoms with Crippen LogP contribution >= 0.6 is 11.3 Å². The number of anilines is 1. The first-order valence-electron chi connectivity index (χ1n) is 8.79. The third-order valence-corrected chi connectivity index (χ3v) is 5.54. The molecule has 1 aromatic carbocycles. The molecule has 0 unspecified atom stereocenters. The van der Waals surface area contributed by atoms with E-state index in [-0.39, 0.29) is 5.91 Å². The number of nitrogens with zero attached hydrogens (tertiary/aromatic N) is 2. The second-order valence-electron chi connectivity index (χ2n) is 6.17. The zero-order valence-electron chi connectivity index (χ0n) is 15.1. The Kier molecular flexibility index (Phi) is 5.56. The molecular formula is C20H25N3OS. The summed E-state index contributed by atoms with van der Waals surface area (Å²) in [5, 5.41) is 4.15. The molecule has 0 fully saturated rings. The molecule has 0 aliphatic rings. The summed E-state index contributed by atoms with van der Waals surface area (Å²) in [4.78, 5) is 16.6. The van der Waals surface area contributed by atoms with Crippen LogP contribution in [-0.2, 0) is 6.54 Å². The third kappa shape index (κ3) is 4.11. The highest BCUT2D eigenvalue weighted by Crippen LogP contribution is 2.22. The first-order chi connectivity index (χ1) is 12.1. The Labute approximate surface area is 153 Å². The molecule has 2 aromatic heterocycles. The standard InChI is InChI=1S/C20H25N3OS/c1-4-22(5-2)12-13-23-11-10-16-14-17(7-8-18(16)23)21-20(24)19-9-6-15(3)25-19/h6-11,14H,4-5,12-13H2,1-3H3,(H,21,24). The van der Waals surface area contributed by atoms with E-state index in [2.05, 4.69) is 47.0 Å². The Morgan fingerprint density at radius 3 is 2.64 bits per heavy atom. The van der Waals surface area contributed by atoms with Gasteiger partial charge >= 0.3 is 0 Å². The van der Waals surface area contributed by atoms with Gasteiger partial charge in [0.1, 0.15) is 0 Å². The Morgan fingerprint density at radius 2 is 1.96 bits per heavy atom. The lowest BCUT2D eigenvalue weighted by molar-refractivity contribution is 0.103. The van der Waals surface area contributed by atoms with Crippen molar-refractivity contribution in [1.29, 1.82) is 0 Å². The van der Waals surface area contributed by atoms with E-state index < -0.39 is 0 Å². The van der Waals surface area contributed by atoms with Gasteiger partial charge in [0.25, 0.3) is 5.91 Å². The predicted octanol–water partition coefficient (Wildman–Crippen LogP) is 4.61. The number of aromatic nitrogens is 1. The number of carbonyl (C=O) groups is 1. The van der Waals surface area contributed by atoms with Gasteiger partial charge in [0.2, 0.25) is 0 Å². The molecule has 5 heteroatoms. The van der Waals surface area contributed by atoms with E-state index in [4.69, 9.17) is 0 Å². The topological polar surface area (TPSA) is 37.3 Å². The highest BCUT2D eigenvalue weighted by atomic mass is 32.1. The Bertz CT molecular complexity index is 861. The van der Waals surface area contributed by atoms with Crippen LogP contribution in [0.5, 0.6) is 0 Å². The van der Waals surface area contributed by atoms with E-state index in [0.717, 1.165) is 47.0 Å². The minimum absolute atomic E-state index is 0.0431. The minimum atomic E-state index is -0.0431. The van der Waals surface area contributed by atoms with Gasteiger partial charge < -0.3 is 14.8 Å². The molecule has 0 aliphatic carbocycles. The molecule has 132 valence electrons. The van der Waals surface area contributed by atoms with Gasteiger partial charge in [-0.25, -0.2) is 0 Å². The lowest BCUT2D eigenvalue weighted by atomic mass is 10.2. The van der Waals surface area contributed by atoms with Crippen molar-refractivity contribution in [3.05, 3.63) is 52.3 Å². The van der Waals surface area contributed by atoms with E-state index in [1.54, 1.807) is 0 Å². The fourth-order valence-electron chi connectivity index (χ4n) is 3.01. The van der Waals surface area contributed by atoms with Crippen LogP contribution in [0.4, 0.5) is 5.69 Å². The maximum absolute atomic E-state index is 12.3. The third-order valence-electron chi connectivity index (χ3n) is 4.54. The van der Waals surface area contributed by atoms with Crippen LogP contribution < -0.4 is 5.32 Å². The lowest BCUT2D eigenvalue weighted by Crippen LogP contribution is -2.26. The SMILES string of the molecule is CCN(CC)CCn1ccc2cc(NC(=O)c3ccc(C)s3)ccc21. The van der Waals surface area contributed by atoms with Gasteiger partial charge in [0, 0.05) is 40.8 Å². The molecule has 3 rings (SSSR count). The lowest BCUT2D eigenvalue weighted by Gasteiger charge is -2.18. The number of hydrogen-bond acceptors (Lipinski definition) is 3. The number of amides is 1. The normalized spacial score (nSPS) is 11.4. The summed E-state index contributed by atoms with van der Waals surface area (Å²) in [6, 6.07) is 12.1. The largest absolute Gasteiger partial charge is 0.346 e. The van der Waals surface area contributed by atoms with Gasteiger partial charge in [-0.3, -0.25) is 4.79 Å². The highest BCUT2D eigenvalue weighted by molar-refractivity contribution is 7.14. The number of thiophene rings is 1. The fourth-order valence-corrected chi connectivity index (χ4v) is 3.77. The molecule has 4 nitrogen and oxygen atoms in total. The van der Waals surface area contributed by atoms with Gasteiger partial charge in [-0.2, -0.15) is 0 Å². The number of fused-ring (bicyclic) bond motifs is 1.